The number of carbonyl (C=O) groups excluding carboxylic acids is 3. The maximum atomic E-state index is 14.4. The molecule has 318 valence electrons. The van der Waals surface area contributed by atoms with Crippen LogP contribution < -0.4 is 18.9 Å². The summed E-state index contributed by atoms with van der Waals surface area (Å²) < 4.78 is 61.1. The number of aromatic nitrogens is 1. The Morgan fingerprint density at radius 3 is 1.94 bits per heavy atom. The zero-order valence-electron chi connectivity index (χ0n) is 33.9. The SMILES string of the molecule is COc1ccc(COc2ccc(C(=O)Cc3cc(C4(C)C(C(=O)OC(c5ccccc5)c5ccccc5)N5C(=O)CC5S4(=O)=O)no3)c(Cl)c2OCc2ccc(OC)cc2)cc1. The van der Waals surface area contributed by atoms with Gasteiger partial charge < -0.3 is 33.1 Å². The molecule has 15 heteroatoms. The number of hydrogen-bond acceptors (Lipinski definition) is 12. The first-order valence-electron chi connectivity index (χ1n) is 19.6. The highest BCUT2D eigenvalue weighted by atomic mass is 35.5. The summed E-state index contributed by atoms with van der Waals surface area (Å²) in [5, 5.41) is 2.82. The van der Waals surface area contributed by atoms with Crippen LogP contribution in [0.2, 0.25) is 5.02 Å². The van der Waals surface area contributed by atoms with E-state index in [0.29, 0.717) is 22.6 Å². The second-order valence-electron chi connectivity index (χ2n) is 15.0. The van der Waals surface area contributed by atoms with Crippen molar-refractivity contribution < 1.29 is 51.0 Å². The Morgan fingerprint density at radius 1 is 0.823 bits per heavy atom. The molecule has 6 aromatic rings. The number of esters is 1. The Balaban J connectivity index is 1.06. The number of fused-ring (bicyclic) bond motifs is 1. The van der Waals surface area contributed by atoms with Gasteiger partial charge in [0.1, 0.15) is 46.3 Å². The summed E-state index contributed by atoms with van der Waals surface area (Å²) in [5.74, 6) is -0.177. The summed E-state index contributed by atoms with van der Waals surface area (Å²) in [4.78, 5) is 42.5. The van der Waals surface area contributed by atoms with Crippen LogP contribution in [0.3, 0.4) is 0 Å². The van der Waals surface area contributed by atoms with Crippen LogP contribution >= 0.6 is 11.6 Å². The van der Waals surface area contributed by atoms with E-state index in [1.54, 1.807) is 80.9 Å². The van der Waals surface area contributed by atoms with Crippen molar-refractivity contribution in [1.29, 1.82) is 0 Å². The van der Waals surface area contributed by atoms with Crippen molar-refractivity contribution in [2.75, 3.05) is 14.2 Å². The summed E-state index contributed by atoms with van der Waals surface area (Å²) >= 11 is 6.94. The van der Waals surface area contributed by atoms with Crippen molar-refractivity contribution in [2.45, 2.75) is 55.2 Å². The first-order chi connectivity index (χ1) is 29.9. The number of methoxy groups -OCH3 is 2. The predicted octanol–water partition coefficient (Wildman–Crippen LogP) is 7.83. The molecule has 0 aliphatic carbocycles. The Kier molecular flexibility index (Phi) is 11.8. The Bertz CT molecular complexity index is 2670. The normalized spacial score (nSPS) is 18.7. The average Bonchev–Trinajstić information content (AvgIpc) is 3.82. The van der Waals surface area contributed by atoms with E-state index in [-0.39, 0.29) is 53.2 Å². The van der Waals surface area contributed by atoms with Gasteiger partial charge in [-0.15, -0.1) is 0 Å². The van der Waals surface area contributed by atoms with E-state index in [2.05, 4.69) is 5.16 Å². The molecule has 0 radical (unpaired) electrons. The Labute approximate surface area is 363 Å². The molecule has 1 amide bonds. The van der Waals surface area contributed by atoms with Crippen LogP contribution in [0.1, 0.15) is 63.5 Å². The molecule has 0 spiro atoms. The van der Waals surface area contributed by atoms with Gasteiger partial charge in [-0.1, -0.05) is 102 Å². The van der Waals surface area contributed by atoms with E-state index in [1.807, 2.05) is 48.5 Å². The van der Waals surface area contributed by atoms with Crippen molar-refractivity contribution in [3.05, 3.63) is 172 Å². The van der Waals surface area contributed by atoms with Crippen LogP contribution in [0, 0.1) is 0 Å². The highest BCUT2D eigenvalue weighted by molar-refractivity contribution is 7.93. The van der Waals surface area contributed by atoms with E-state index in [9.17, 15) is 22.8 Å². The Morgan fingerprint density at radius 2 is 1.39 bits per heavy atom. The number of Topliss-reactive ketones (excluding diaryl/α,β-unsaturated/α-hetero) is 1. The fraction of sp³-hybridized carbons (Fsp3) is 0.234. The molecule has 2 saturated heterocycles. The lowest BCUT2D eigenvalue weighted by molar-refractivity contribution is -0.164. The van der Waals surface area contributed by atoms with E-state index in [0.717, 1.165) is 16.0 Å². The average molecular weight is 877 g/mol. The number of benzene rings is 5. The number of carbonyl (C=O) groups is 3. The van der Waals surface area contributed by atoms with Crippen LogP contribution in [-0.4, -0.2) is 61.8 Å². The maximum Gasteiger partial charge on any atom is 0.331 e. The highest BCUT2D eigenvalue weighted by Gasteiger charge is 2.72. The lowest BCUT2D eigenvalue weighted by Crippen LogP contribution is -2.57. The smallest absolute Gasteiger partial charge is 0.331 e. The van der Waals surface area contributed by atoms with Gasteiger partial charge in [-0.25, -0.2) is 13.2 Å². The fourth-order valence-electron chi connectivity index (χ4n) is 7.71. The standard InChI is InChI=1S/C47H41ClN2O11S/c1-47(45(50-40(52)26-41(50)62(47,54)55)46(53)60-43(31-10-6-4-7-11-31)32-12-8-5-9-13-32)39-25-35(61-49-39)24-37(51)36-22-23-38(58-27-29-14-18-33(56-2)19-15-29)44(42(36)48)59-28-30-16-20-34(57-3)21-17-30/h4-23,25,41,43,45H,24,26-28H2,1-3H3. The van der Waals surface area contributed by atoms with Gasteiger partial charge >= 0.3 is 5.97 Å². The molecule has 0 N–H and O–H groups in total. The van der Waals surface area contributed by atoms with Gasteiger partial charge in [0.25, 0.3) is 0 Å². The molecule has 3 atom stereocenters. The zero-order chi connectivity index (χ0) is 43.6. The van der Waals surface area contributed by atoms with Crippen LogP contribution in [0.15, 0.2) is 132 Å². The van der Waals surface area contributed by atoms with Crippen LogP contribution in [0.4, 0.5) is 0 Å². The highest BCUT2D eigenvalue weighted by Crippen LogP contribution is 2.52. The molecule has 2 aliphatic rings. The molecule has 0 bridgehead atoms. The van der Waals surface area contributed by atoms with Crippen molar-refractivity contribution in [3.63, 3.8) is 0 Å². The first-order valence-corrected chi connectivity index (χ1v) is 21.5. The van der Waals surface area contributed by atoms with Crippen molar-refractivity contribution in [3.8, 4) is 23.0 Å². The number of ether oxygens (including phenoxy) is 5. The minimum absolute atomic E-state index is 0.00263. The predicted molar refractivity (Wildman–Crippen MR) is 227 cm³/mol. The summed E-state index contributed by atoms with van der Waals surface area (Å²) in [7, 11) is -1.13. The van der Waals surface area contributed by atoms with Crippen molar-refractivity contribution in [2.24, 2.45) is 0 Å². The van der Waals surface area contributed by atoms with Gasteiger partial charge in [0.05, 0.1) is 32.1 Å². The quantitative estimate of drug-likeness (QED) is 0.0528. The number of amides is 1. The largest absolute Gasteiger partial charge is 0.497 e. The number of sulfone groups is 1. The van der Waals surface area contributed by atoms with Gasteiger partial charge in [-0.05, 0) is 65.6 Å². The van der Waals surface area contributed by atoms with Crippen LogP contribution in [-0.2, 0) is 48.5 Å². The number of halogens is 1. The third-order valence-electron chi connectivity index (χ3n) is 11.2. The molecule has 0 saturated carbocycles. The minimum Gasteiger partial charge on any atom is -0.497 e. The lowest BCUT2D eigenvalue weighted by Gasteiger charge is -2.37. The second kappa shape index (κ2) is 17.4. The molecular formula is C47H41ClN2O11S. The third-order valence-corrected chi connectivity index (χ3v) is 14.3. The molecule has 5 aromatic carbocycles. The van der Waals surface area contributed by atoms with Crippen LogP contribution in [0.25, 0.3) is 0 Å². The van der Waals surface area contributed by atoms with Crippen LogP contribution in [0.5, 0.6) is 23.0 Å². The number of rotatable bonds is 16. The monoisotopic (exact) mass is 876 g/mol. The third kappa shape index (κ3) is 7.87. The number of ketones is 1. The number of hydrogen-bond donors (Lipinski definition) is 0. The lowest BCUT2D eigenvalue weighted by atomic mass is 9.92. The van der Waals surface area contributed by atoms with Crippen molar-refractivity contribution in [1.82, 2.24) is 10.1 Å². The van der Waals surface area contributed by atoms with E-state index in [1.165, 1.54) is 19.1 Å². The molecule has 1 aromatic heterocycles. The summed E-state index contributed by atoms with van der Waals surface area (Å²) in [5.41, 5.74) is 2.86. The van der Waals surface area contributed by atoms with E-state index < -0.39 is 56.2 Å². The molecule has 13 nitrogen and oxygen atoms in total. The molecule has 8 rings (SSSR count). The summed E-state index contributed by atoms with van der Waals surface area (Å²) in [6.07, 6.45) is -1.60. The van der Waals surface area contributed by atoms with Crippen molar-refractivity contribution >= 4 is 39.1 Å². The maximum absolute atomic E-state index is 14.4. The molecule has 3 heterocycles. The number of nitrogens with zero attached hydrogens (tertiary/aromatic N) is 2. The molecular weight excluding hydrogens is 836 g/mol. The minimum atomic E-state index is -4.29. The van der Waals surface area contributed by atoms with E-state index in [4.69, 9.17) is 39.8 Å². The molecule has 3 unspecified atom stereocenters. The first kappa shape index (κ1) is 42.1. The molecule has 62 heavy (non-hydrogen) atoms. The van der Waals surface area contributed by atoms with Gasteiger partial charge in [-0.2, -0.15) is 0 Å². The van der Waals surface area contributed by atoms with E-state index >= 15 is 0 Å². The fourth-order valence-corrected chi connectivity index (χ4v) is 10.4. The topological polar surface area (TPSA) is 161 Å². The number of β-lactam (4-membered cyclic amide) rings is 1. The van der Waals surface area contributed by atoms with Gasteiger partial charge in [-0.3, -0.25) is 9.59 Å². The van der Waals surface area contributed by atoms with Gasteiger partial charge in [0.2, 0.25) is 5.91 Å². The summed E-state index contributed by atoms with van der Waals surface area (Å²) in [6.45, 7) is 1.57. The molecule has 2 aliphatic heterocycles. The zero-order valence-corrected chi connectivity index (χ0v) is 35.4. The summed E-state index contributed by atoms with van der Waals surface area (Å²) in [6, 6.07) is 35.4. The Hall–Kier alpha value is -6.64. The van der Waals surface area contributed by atoms with Gasteiger partial charge in [0, 0.05) is 11.6 Å². The molecule has 2 fully saturated rings. The van der Waals surface area contributed by atoms with Gasteiger partial charge in [0.15, 0.2) is 39.3 Å². The second-order valence-corrected chi connectivity index (χ2v) is 17.8.